The molecular formula is C15H20N2O2. The van der Waals surface area contributed by atoms with Crippen molar-refractivity contribution in [3.05, 3.63) is 30.0 Å². The standard InChI is InChI=1S/C15H20N2O2/c1-4-15(2,3)14(18)19-12-5-6-13-10(8-12)7-11(9-16)17-13/h5-8,17H,4,9,16H2,1-3H3. The maximum Gasteiger partial charge on any atom is 0.316 e. The average Bonchev–Trinajstić information content (AvgIpc) is 2.80. The zero-order chi connectivity index (χ0) is 14.0. The van der Waals surface area contributed by atoms with Crippen molar-refractivity contribution in [1.82, 2.24) is 4.98 Å². The van der Waals surface area contributed by atoms with E-state index in [1.807, 2.05) is 39.0 Å². The first kappa shape index (κ1) is 13.6. The highest BCUT2D eigenvalue weighted by Gasteiger charge is 2.27. The minimum atomic E-state index is -0.463. The van der Waals surface area contributed by atoms with Gasteiger partial charge in [0.1, 0.15) is 5.75 Å². The third kappa shape index (κ3) is 2.79. The number of fused-ring (bicyclic) bond motifs is 1. The molecule has 1 aromatic carbocycles. The van der Waals surface area contributed by atoms with Crippen molar-refractivity contribution in [2.75, 3.05) is 0 Å². The Morgan fingerprint density at radius 1 is 1.37 bits per heavy atom. The molecule has 3 N–H and O–H groups in total. The van der Waals surface area contributed by atoms with E-state index in [0.29, 0.717) is 12.3 Å². The van der Waals surface area contributed by atoms with Crippen LogP contribution in [-0.2, 0) is 11.3 Å². The van der Waals surface area contributed by atoms with Crippen LogP contribution in [0.3, 0.4) is 0 Å². The van der Waals surface area contributed by atoms with Crippen LogP contribution < -0.4 is 10.5 Å². The van der Waals surface area contributed by atoms with Crippen LogP contribution in [0, 0.1) is 5.41 Å². The number of carbonyl (C=O) groups is 1. The van der Waals surface area contributed by atoms with Crippen LogP contribution in [0.25, 0.3) is 10.9 Å². The molecule has 0 aliphatic carbocycles. The van der Waals surface area contributed by atoms with E-state index >= 15 is 0 Å². The number of hydrogen-bond acceptors (Lipinski definition) is 3. The third-order valence-corrected chi connectivity index (χ3v) is 3.51. The monoisotopic (exact) mass is 260 g/mol. The number of hydrogen-bond donors (Lipinski definition) is 2. The molecule has 0 unspecified atom stereocenters. The quantitative estimate of drug-likeness (QED) is 0.656. The van der Waals surface area contributed by atoms with E-state index in [4.69, 9.17) is 10.5 Å². The Kier molecular flexibility index (Phi) is 3.62. The molecule has 0 aliphatic heterocycles. The largest absolute Gasteiger partial charge is 0.426 e. The van der Waals surface area contributed by atoms with Gasteiger partial charge < -0.3 is 15.5 Å². The number of nitrogens with two attached hydrogens (primary N) is 1. The molecule has 0 saturated carbocycles. The Bertz CT molecular complexity index is 599. The van der Waals surface area contributed by atoms with Crippen molar-refractivity contribution in [3.8, 4) is 5.75 Å². The zero-order valence-corrected chi connectivity index (χ0v) is 11.6. The topological polar surface area (TPSA) is 68.1 Å². The molecule has 102 valence electrons. The van der Waals surface area contributed by atoms with Gasteiger partial charge in [-0.1, -0.05) is 6.92 Å². The Labute approximate surface area is 112 Å². The van der Waals surface area contributed by atoms with Gasteiger partial charge >= 0.3 is 5.97 Å². The summed E-state index contributed by atoms with van der Waals surface area (Å²) in [5.74, 6) is 0.366. The van der Waals surface area contributed by atoms with Gasteiger partial charge in [0.15, 0.2) is 0 Å². The van der Waals surface area contributed by atoms with E-state index in [2.05, 4.69) is 4.98 Å². The number of ether oxygens (including phenoxy) is 1. The number of aromatic nitrogens is 1. The lowest BCUT2D eigenvalue weighted by molar-refractivity contribution is -0.144. The molecule has 4 heteroatoms. The van der Waals surface area contributed by atoms with Gasteiger partial charge in [-0.05, 0) is 44.5 Å². The van der Waals surface area contributed by atoms with Gasteiger partial charge in [-0.2, -0.15) is 0 Å². The molecule has 1 aromatic heterocycles. The van der Waals surface area contributed by atoms with E-state index < -0.39 is 5.41 Å². The number of H-pyrrole nitrogens is 1. The van der Waals surface area contributed by atoms with Gasteiger partial charge in [-0.3, -0.25) is 4.79 Å². The number of carbonyl (C=O) groups excluding carboxylic acids is 1. The molecular weight excluding hydrogens is 240 g/mol. The smallest absolute Gasteiger partial charge is 0.316 e. The summed E-state index contributed by atoms with van der Waals surface area (Å²) in [6.45, 7) is 6.21. The van der Waals surface area contributed by atoms with Gasteiger partial charge in [0.05, 0.1) is 5.41 Å². The minimum absolute atomic E-state index is 0.205. The fourth-order valence-corrected chi connectivity index (χ4v) is 1.73. The van der Waals surface area contributed by atoms with Gasteiger partial charge in [0.25, 0.3) is 0 Å². The highest BCUT2D eigenvalue weighted by atomic mass is 16.5. The third-order valence-electron chi connectivity index (χ3n) is 3.51. The predicted molar refractivity (Wildman–Crippen MR) is 75.9 cm³/mol. The molecule has 0 spiro atoms. The van der Waals surface area contributed by atoms with Crippen molar-refractivity contribution in [2.24, 2.45) is 11.1 Å². The van der Waals surface area contributed by atoms with Crippen LogP contribution in [-0.4, -0.2) is 11.0 Å². The number of benzene rings is 1. The fraction of sp³-hybridized carbons (Fsp3) is 0.400. The van der Waals surface area contributed by atoms with Crippen LogP contribution in [0.1, 0.15) is 32.9 Å². The van der Waals surface area contributed by atoms with Crippen LogP contribution in [0.15, 0.2) is 24.3 Å². The zero-order valence-electron chi connectivity index (χ0n) is 11.6. The maximum atomic E-state index is 12.0. The number of nitrogens with one attached hydrogen (secondary N) is 1. The number of esters is 1. The first-order chi connectivity index (χ1) is 8.96. The van der Waals surface area contributed by atoms with Crippen molar-refractivity contribution in [1.29, 1.82) is 0 Å². The van der Waals surface area contributed by atoms with Crippen molar-refractivity contribution in [2.45, 2.75) is 33.7 Å². The minimum Gasteiger partial charge on any atom is -0.426 e. The molecule has 0 atom stereocenters. The Hall–Kier alpha value is -1.81. The average molecular weight is 260 g/mol. The second-order valence-corrected chi connectivity index (χ2v) is 5.37. The molecule has 2 rings (SSSR count). The molecule has 2 aromatic rings. The summed E-state index contributed by atoms with van der Waals surface area (Å²) in [4.78, 5) is 15.2. The normalized spacial score (nSPS) is 11.8. The lowest BCUT2D eigenvalue weighted by Crippen LogP contribution is -2.28. The summed E-state index contributed by atoms with van der Waals surface area (Å²) in [7, 11) is 0. The van der Waals surface area contributed by atoms with Crippen LogP contribution in [0.2, 0.25) is 0 Å². The predicted octanol–water partition coefficient (Wildman–Crippen LogP) is 2.97. The highest BCUT2D eigenvalue weighted by molar-refractivity contribution is 5.84. The number of aromatic amines is 1. The first-order valence-electron chi connectivity index (χ1n) is 6.50. The van der Waals surface area contributed by atoms with Crippen molar-refractivity contribution >= 4 is 16.9 Å². The molecule has 0 fully saturated rings. The summed E-state index contributed by atoms with van der Waals surface area (Å²) in [5, 5.41) is 1.00. The van der Waals surface area contributed by atoms with Gasteiger partial charge in [-0.15, -0.1) is 0 Å². The summed E-state index contributed by atoms with van der Waals surface area (Å²) in [6.07, 6.45) is 0.746. The molecule has 4 nitrogen and oxygen atoms in total. The molecule has 0 amide bonds. The summed E-state index contributed by atoms with van der Waals surface area (Å²) in [6, 6.07) is 7.52. The highest BCUT2D eigenvalue weighted by Crippen LogP contribution is 2.26. The van der Waals surface area contributed by atoms with Crippen LogP contribution in [0.5, 0.6) is 5.75 Å². The van der Waals surface area contributed by atoms with Gasteiger partial charge in [0.2, 0.25) is 0 Å². The second-order valence-electron chi connectivity index (χ2n) is 5.37. The first-order valence-corrected chi connectivity index (χ1v) is 6.50. The van der Waals surface area contributed by atoms with E-state index in [1.54, 1.807) is 6.07 Å². The lowest BCUT2D eigenvalue weighted by Gasteiger charge is -2.20. The molecule has 0 saturated heterocycles. The Balaban J connectivity index is 2.24. The maximum absolute atomic E-state index is 12.0. The fourth-order valence-electron chi connectivity index (χ4n) is 1.73. The van der Waals surface area contributed by atoms with E-state index in [-0.39, 0.29) is 5.97 Å². The summed E-state index contributed by atoms with van der Waals surface area (Å²) >= 11 is 0. The SMILES string of the molecule is CCC(C)(C)C(=O)Oc1ccc2[nH]c(CN)cc2c1. The van der Waals surface area contributed by atoms with Crippen molar-refractivity contribution < 1.29 is 9.53 Å². The molecule has 1 heterocycles. The lowest BCUT2D eigenvalue weighted by atomic mass is 9.91. The van der Waals surface area contributed by atoms with Crippen molar-refractivity contribution in [3.63, 3.8) is 0 Å². The van der Waals surface area contributed by atoms with Crippen LogP contribution >= 0.6 is 0 Å². The van der Waals surface area contributed by atoms with E-state index in [0.717, 1.165) is 23.0 Å². The molecule has 19 heavy (non-hydrogen) atoms. The second kappa shape index (κ2) is 5.05. The molecule has 0 bridgehead atoms. The summed E-state index contributed by atoms with van der Waals surface area (Å²) in [5.41, 5.74) is 7.09. The van der Waals surface area contributed by atoms with Crippen LogP contribution in [0.4, 0.5) is 0 Å². The van der Waals surface area contributed by atoms with Gasteiger partial charge in [0, 0.05) is 23.1 Å². The number of rotatable bonds is 4. The molecule has 0 aliphatic rings. The van der Waals surface area contributed by atoms with E-state index in [1.165, 1.54) is 0 Å². The van der Waals surface area contributed by atoms with Gasteiger partial charge in [-0.25, -0.2) is 0 Å². The van der Waals surface area contributed by atoms with E-state index in [9.17, 15) is 4.79 Å². The Morgan fingerprint density at radius 2 is 2.11 bits per heavy atom. The summed E-state index contributed by atoms with van der Waals surface area (Å²) < 4.78 is 5.44. The molecule has 0 radical (unpaired) electrons. The Morgan fingerprint density at radius 3 is 2.74 bits per heavy atom.